The lowest BCUT2D eigenvalue weighted by molar-refractivity contribution is 0.643. The number of aromatic nitrogens is 1. The van der Waals surface area contributed by atoms with Gasteiger partial charge in [0.05, 0.1) is 6.04 Å². The molecule has 0 aromatic carbocycles. The fourth-order valence-corrected chi connectivity index (χ4v) is 2.31. The third kappa shape index (κ3) is 1.97. The zero-order chi connectivity index (χ0) is 7.68. The number of nitrogens with one attached hydrogen (secondary N) is 1. The fraction of sp³-hybridized carbons (Fsp3) is 0.625. The lowest BCUT2D eigenvalue weighted by Gasteiger charge is -2.03. The van der Waals surface area contributed by atoms with Gasteiger partial charge in [0.1, 0.15) is 5.01 Å². The molecule has 12 heavy (non-hydrogen) atoms. The van der Waals surface area contributed by atoms with Crippen molar-refractivity contribution in [3.8, 4) is 0 Å². The number of aryl methyl sites for hydroxylation is 1. The van der Waals surface area contributed by atoms with Crippen molar-refractivity contribution in [1.29, 1.82) is 0 Å². The van der Waals surface area contributed by atoms with Crippen LogP contribution in [0.2, 0.25) is 0 Å². The predicted molar refractivity (Wildman–Crippen MR) is 54.1 cm³/mol. The molecule has 68 valence electrons. The van der Waals surface area contributed by atoms with Crippen LogP contribution < -0.4 is 5.32 Å². The van der Waals surface area contributed by atoms with Crippen molar-refractivity contribution in [3.05, 3.63) is 16.1 Å². The van der Waals surface area contributed by atoms with Crippen molar-refractivity contribution in [3.63, 3.8) is 0 Å². The number of nitrogens with zero attached hydrogens (tertiary/aromatic N) is 1. The molecule has 1 aromatic heterocycles. The Hall–Kier alpha value is -0.120. The number of hydrogen-bond donors (Lipinski definition) is 1. The van der Waals surface area contributed by atoms with E-state index in [1.165, 1.54) is 22.7 Å². The molecule has 0 aliphatic carbocycles. The van der Waals surface area contributed by atoms with Gasteiger partial charge in [0, 0.05) is 11.1 Å². The maximum Gasteiger partial charge on any atom is 0.110 e. The number of thiazole rings is 1. The first-order valence-corrected chi connectivity index (χ1v) is 4.83. The van der Waals surface area contributed by atoms with Crippen LogP contribution in [0, 0.1) is 6.92 Å². The average molecular weight is 205 g/mol. The van der Waals surface area contributed by atoms with E-state index in [0.29, 0.717) is 6.04 Å². The summed E-state index contributed by atoms with van der Waals surface area (Å²) in [7, 11) is 0. The molecule has 1 fully saturated rings. The molecule has 0 unspecified atom stereocenters. The quantitative estimate of drug-likeness (QED) is 0.760. The van der Waals surface area contributed by atoms with Crippen LogP contribution in [0.5, 0.6) is 0 Å². The van der Waals surface area contributed by atoms with Gasteiger partial charge in [-0.05, 0) is 26.3 Å². The molecule has 0 spiro atoms. The SMILES string of the molecule is Cc1cnc([C@@H]2CCCN2)s1.Cl. The van der Waals surface area contributed by atoms with Crippen molar-refractivity contribution < 1.29 is 0 Å². The second-order valence-electron chi connectivity index (χ2n) is 2.96. The minimum absolute atomic E-state index is 0. The first-order valence-electron chi connectivity index (χ1n) is 4.02. The predicted octanol–water partition coefficient (Wildman–Crippen LogP) is 2.30. The normalized spacial score (nSPS) is 22.2. The Morgan fingerprint density at radius 3 is 3.00 bits per heavy atom. The largest absolute Gasteiger partial charge is 0.308 e. The van der Waals surface area contributed by atoms with Crippen molar-refractivity contribution in [2.75, 3.05) is 6.54 Å². The monoisotopic (exact) mass is 204 g/mol. The third-order valence-corrected chi connectivity index (χ3v) is 3.02. The maximum absolute atomic E-state index is 4.35. The van der Waals surface area contributed by atoms with Gasteiger partial charge in [-0.3, -0.25) is 0 Å². The van der Waals surface area contributed by atoms with Gasteiger partial charge in [0.2, 0.25) is 0 Å². The molecule has 1 atom stereocenters. The molecule has 1 N–H and O–H groups in total. The van der Waals surface area contributed by atoms with E-state index in [1.54, 1.807) is 0 Å². The molecule has 0 amide bonds. The summed E-state index contributed by atoms with van der Waals surface area (Å²) in [5, 5.41) is 4.70. The van der Waals surface area contributed by atoms with E-state index in [4.69, 9.17) is 0 Å². The highest BCUT2D eigenvalue weighted by Crippen LogP contribution is 2.26. The van der Waals surface area contributed by atoms with Gasteiger partial charge in [0.25, 0.3) is 0 Å². The summed E-state index contributed by atoms with van der Waals surface area (Å²) in [6, 6.07) is 0.550. The number of rotatable bonds is 1. The lowest BCUT2D eigenvalue weighted by atomic mass is 10.2. The van der Waals surface area contributed by atoms with Gasteiger partial charge in [0.15, 0.2) is 0 Å². The van der Waals surface area contributed by atoms with E-state index in [-0.39, 0.29) is 12.4 Å². The summed E-state index contributed by atoms with van der Waals surface area (Å²) in [6.45, 7) is 3.26. The van der Waals surface area contributed by atoms with Crippen LogP contribution in [-0.4, -0.2) is 11.5 Å². The summed E-state index contributed by atoms with van der Waals surface area (Å²) in [5.74, 6) is 0. The van der Waals surface area contributed by atoms with Gasteiger partial charge in [-0.1, -0.05) is 0 Å². The molecule has 1 aliphatic heterocycles. The Morgan fingerprint density at radius 2 is 2.50 bits per heavy atom. The minimum Gasteiger partial charge on any atom is -0.308 e. The van der Waals surface area contributed by atoms with E-state index in [1.807, 2.05) is 17.5 Å². The van der Waals surface area contributed by atoms with Gasteiger partial charge in [-0.15, -0.1) is 23.7 Å². The Balaban J connectivity index is 0.000000720. The average Bonchev–Trinajstić information content (AvgIpc) is 2.55. The Kier molecular flexibility index (Phi) is 3.50. The first kappa shape index (κ1) is 9.96. The molecule has 1 saturated heterocycles. The second-order valence-corrected chi connectivity index (χ2v) is 4.22. The molecule has 2 heterocycles. The van der Waals surface area contributed by atoms with E-state index in [0.717, 1.165) is 6.54 Å². The van der Waals surface area contributed by atoms with Gasteiger partial charge < -0.3 is 5.32 Å². The fourth-order valence-electron chi connectivity index (χ4n) is 1.43. The van der Waals surface area contributed by atoms with E-state index in [2.05, 4.69) is 17.2 Å². The van der Waals surface area contributed by atoms with Crippen LogP contribution in [0.1, 0.15) is 28.8 Å². The molecule has 1 aliphatic rings. The highest BCUT2D eigenvalue weighted by Gasteiger charge is 2.18. The summed E-state index contributed by atoms with van der Waals surface area (Å²) < 4.78 is 0. The summed E-state index contributed by atoms with van der Waals surface area (Å²) in [5.41, 5.74) is 0. The molecule has 1 aromatic rings. The zero-order valence-electron chi connectivity index (χ0n) is 7.04. The number of hydrogen-bond acceptors (Lipinski definition) is 3. The topological polar surface area (TPSA) is 24.9 Å². The highest BCUT2D eigenvalue weighted by atomic mass is 35.5. The van der Waals surface area contributed by atoms with E-state index in [9.17, 15) is 0 Å². The van der Waals surface area contributed by atoms with Crippen molar-refractivity contribution >= 4 is 23.7 Å². The molecule has 4 heteroatoms. The third-order valence-electron chi connectivity index (χ3n) is 2.00. The zero-order valence-corrected chi connectivity index (χ0v) is 8.67. The molecule has 0 saturated carbocycles. The van der Waals surface area contributed by atoms with Crippen LogP contribution >= 0.6 is 23.7 Å². The molecular formula is C8H13ClN2S. The van der Waals surface area contributed by atoms with Gasteiger partial charge >= 0.3 is 0 Å². The summed E-state index contributed by atoms with van der Waals surface area (Å²) in [6.07, 6.45) is 4.51. The maximum atomic E-state index is 4.35. The lowest BCUT2D eigenvalue weighted by Crippen LogP contribution is -2.12. The standard InChI is InChI=1S/C8H12N2S.ClH/c1-6-5-10-8(11-6)7-3-2-4-9-7;/h5,7,9H,2-4H2,1H3;1H/t7-;/m0./s1. The van der Waals surface area contributed by atoms with Crippen molar-refractivity contribution in [1.82, 2.24) is 10.3 Å². The van der Waals surface area contributed by atoms with Crippen molar-refractivity contribution in [2.45, 2.75) is 25.8 Å². The van der Waals surface area contributed by atoms with Crippen LogP contribution in [0.3, 0.4) is 0 Å². The molecule has 2 rings (SSSR count). The number of halogens is 1. The van der Waals surface area contributed by atoms with Gasteiger partial charge in [-0.2, -0.15) is 0 Å². The van der Waals surface area contributed by atoms with E-state index < -0.39 is 0 Å². The Labute approximate surface area is 82.8 Å². The minimum atomic E-state index is 0. The molecule has 2 nitrogen and oxygen atoms in total. The van der Waals surface area contributed by atoms with Crippen LogP contribution in [-0.2, 0) is 0 Å². The molecular weight excluding hydrogens is 192 g/mol. The van der Waals surface area contributed by atoms with Crippen molar-refractivity contribution in [2.24, 2.45) is 0 Å². The molecule has 0 radical (unpaired) electrons. The van der Waals surface area contributed by atoms with Crippen LogP contribution in [0.15, 0.2) is 6.20 Å². The second kappa shape index (κ2) is 4.21. The van der Waals surface area contributed by atoms with E-state index >= 15 is 0 Å². The first-order chi connectivity index (χ1) is 5.36. The summed E-state index contributed by atoms with van der Waals surface area (Å²) in [4.78, 5) is 5.67. The molecule has 0 bridgehead atoms. The Bertz CT molecular complexity index is 243. The highest BCUT2D eigenvalue weighted by molar-refractivity contribution is 7.11. The van der Waals surface area contributed by atoms with Crippen LogP contribution in [0.25, 0.3) is 0 Å². The smallest absolute Gasteiger partial charge is 0.110 e. The summed E-state index contributed by atoms with van der Waals surface area (Å²) >= 11 is 1.81. The Morgan fingerprint density at radius 1 is 1.67 bits per heavy atom. The van der Waals surface area contributed by atoms with Gasteiger partial charge in [-0.25, -0.2) is 4.98 Å². The van der Waals surface area contributed by atoms with Crippen LogP contribution in [0.4, 0.5) is 0 Å².